The van der Waals surface area contributed by atoms with Crippen LogP contribution in [0, 0.1) is 0 Å². The lowest BCUT2D eigenvalue weighted by molar-refractivity contribution is 1.16. The van der Waals surface area contributed by atoms with E-state index in [0.29, 0.717) is 5.82 Å². The summed E-state index contributed by atoms with van der Waals surface area (Å²) in [5.74, 6) is 0.686. The number of pyridine rings is 1. The maximum Gasteiger partial charge on any atom is 0.160 e. The van der Waals surface area contributed by atoms with Crippen LogP contribution in [0.2, 0.25) is 0 Å². The molecule has 0 amide bonds. The minimum Gasteiger partial charge on any atom is -0.309 e. The highest BCUT2D eigenvalue weighted by molar-refractivity contribution is 6.21. The zero-order valence-corrected chi connectivity index (χ0v) is 28.0. The molecule has 4 aromatic heterocycles. The molecular weight excluding hydrogens is 635 g/mol. The lowest BCUT2D eigenvalue weighted by Gasteiger charge is -2.13. The molecule has 4 heterocycles. The zero-order chi connectivity index (χ0) is 34.2. The molecule has 0 aliphatic rings. The third-order valence-corrected chi connectivity index (χ3v) is 10.3. The summed E-state index contributed by atoms with van der Waals surface area (Å²) in [7, 11) is 0. The molecule has 11 aromatic rings. The molecule has 0 spiro atoms. The first-order valence-electron chi connectivity index (χ1n) is 17.5. The van der Waals surface area contributed by atoms with E-state index < -0.39 is 0 Å². The van der Waals surface area contributed by atoms with E-state index in [-0.39, 0.29) is 0 Å². The van der Waals surface area contributed by atoms with Crippen LogP contribution < -0.4 is 0 Å². The van der Waals surface area contributed by atoms with Crippen LogP contribution >= 0.6 is 0 Å². The summed E-state index contributed by atoms with van der Waals surface area (Å²) >= 11 is 0. The van der Waals surface area contributed by atoms with E-state index in [1.807, 2.05) is 12.1 Å². The van der Waals surface area contributed by atoms with Crippen LogP contribution in [-0.4, -0.2) is 23.9 Å². The highest BCUT2D eigenvalue weighted by Gasteiger charge is 2.19. The van der Waals surface area contributed by atoms with Gasteiger partial charge < -0.3 is 4.57 Å². The summed E-state index contributed by atoms with van der Waals surface area (Å²) in [5, 5.41) is 5.93. The Labute approximate surface area is 298 Å². The highest BCUT2D eigenvalue weighted by atomic mass is 15.0. The molecule has 242 valence electrons. The summed E-state index contributed by atoms with van der Waals surface area (Å²) in [6, 6.07) is 61.8. The second-order valence-electron chi connectivity index (χ2n) is 13.3. The molecule has 0 radical (unpaired) electrons. The number of hydrogen-bond donors (Lipinski definition) is 0. The van der Waals surface area contributed by atoms with Crippen molar-refractivity contribution in [2.45, 2.75) is 0 Å². The quantitative estimate of drug-likeness (QED) is 0.176. The van der Waals surface area contributed by atoms with Crippen molar-refractivity contribution in [1.82, 2.24) is 23.9 Å². The summed E-state index contributed by atoms with van der Waals surface area (Å²) in [6.45, 7) is 0. The van der Waals surface area contributed by atoms with Crippen molar-refractivity contribution in [3.05, 3.63) is 176 Å². The molecule has 0 atom stereocenters. The van der Waals surface area contributed by atoms with Gasteiger partial charge in [-0.05, 0) is 60.0 Å². The van der Waals surface area contributed by atoms with Gasteiger partial charge in [-0.3, -0.25) is 4.40 Å². The third kappa shape index (κ3) is 4.33. The number of imidazole rings is 1. The number of hydrogen-bond acceptors (Lipinski definition) is 3. The van der Waals surface area contributed by atoms with E-state index >= 15 is 0 Å². The molecule has 11 rings (SSSR count). The van der Waals surface area contributed by atoms with Gasteiger partial charge in [0.1, 0.15) is 5.65 Å². The number of nitrogens with zero attached hydrogens (tertiary/aromatic N) is 5. The van der Waals surface area contributed by atoms with Crippen molar-refractivity contribution in [1.29, 1.82) is 0 Å². The molecule has 0 N–H and O–H groups in total. The second kappa shape index (κ2) is 11.2. The van der Waals surface area contributed by atoms with E-state index in [0.717, 1.165) is 72.4 Å². The van der Waals surface area contributed by atoms with E-state index in [9.17, 15) is 0 Å². The van der Waals surface area contributed by atoms with Gasteiger partial charge in [-0.2, -0.15) is 0 Å². The lowest BCUT2D eigenvalue weighted by atomic mass is 10.0. The fourth-order valence-corrected chi connectivity index (χ4v) is 7.92. The van der Waals surface area contributed by atoms with Crippen LogP contribution in [0.1, 0.15) is 0 Å². The first-order valence-corrected chi connectivity index (χ1v) is 17.5. The van der Waals surface area contributed by atoms with Gasteiger partial charge in [0.2, 0.25) is 0 Å². The van der Waals surface area contributed by atoms with Gasteiger partial charge in [-0.15, -0.1) is 0 Å². The van der Waals surface area contributed by atoms with Crippen LogP contribution in [0.4, 0.5) is 0 Å². The molecule has 52 heavy (non-hydrogen) atoms. The topological polar surface area (TPSA) is 48.0 Å². The Bertz CT molecular complexity index is 3120. The van der Waals surface area contributed by atoms with Crippen LogP contribution in [-0.2, 0) is 0 Å². The van der Waals surface area contributed by atoms with Crippen LogP contribution in [0.15, 0.2) is 176 Å². The van der Waals surface area contributed by atoms with Crippen molar-refractivity contribution in [3.8, 4) is 39.6 Å². The Morgan fingerprint density at radius 3 is 1.67 bits per heavy atom. The average Bonchev–Trinajstić information content (AvgIpc) is 3.77. The summed E-state index contributed by atoms with van der Waals surface area (Å²) in [4.78, 5) is 15.5. The smallest absolute Gasteiger partial charge is 0.160 e. The fraction of sp³-hybridized carbons (Fsp3) is 0. The van der Waals surface area contributed by atoms with Crippen LogP contribution in [0.3, 0.4) is 0 Å². The molecule has 0 aliphatic heterocycles. The molecule has 0 fully saturated rings. The normalized spacial score (nSPS) is 11.8. The van der Waals surface area contributed by atoms with E-state index in [1.54, 1.807) is 0 Å². The maximum atomic E-state index is 5.21. The second-order valence-corrected chi connectivity index (χ2v) is 13.3. The SMILES string of the molecule is c1ccc(-c2cc(-c3ccccc3)nc(-c3cccc(-n4c5ccccc5c5cc6c7ccccc7n7c8ccccc8nc7c6cc54)c3)n2)cc1. The van der Waals surface area contributed by atoms with Crippen molar-refractivity contribution >= 4 is 60.2 Å². The van der Waals surface area contributed by atoms with Crippen molar-refractivity contribution in [2.75, 3.05) is 0 Å². The molecule has 0 bridgehead atoms. The van der Waals surface area contributed by atoms with E-state index in [2.05, 4.69) is 173 Å². The van der Waals surface area contributed by atoms with Crippen LogP contribution in [0.5, 0.6) is 0 Å². The van der Waals surface area contributed by atoms with Crippen molar-refractivity contribution in [3.63, 3.8) is 0 Å². The molecule has 7 aromatic carbocycles. The number of fused-ring (bicyclic) bond motifs is 11. The number of rotatable bonds is 4. The van der Waals surface area contributed by atoms with Gasteiger partial charge in [0, 0.05) is 43.9 Å². The Hall–Kier alpha value is -7.11. The number of aromatic nitrogens is 5. The highest BCUT2D eigenvalue weighted by Crippen LogP contribution is 2.40. The van der Waals surface area contributed by atoms with E-state index in [1.165, 1.54) is 21.5 Å². The van der Waals surface area contributed by atoms with Crippen molar-refractivity contribution < 1.29 is 0 Å². The van der Waals surface area contributed by atoms with Crippen molar-refractivity contribution in [2.24, 2.45) is 0 Å². The van der Waals surface area contributed by atoms with Gasteiger partial charge in [0.25, 0.3) is 0 Å². The molecule has 0 saturated carbocycles. The third-order valence-electron chi connectivity index (χ3n) is 10.3. The number of benzene rings is 7. The zero-order valence-electron chi connectivity index (χ0n) is 28.0. The van der Waals surface area contributed by atoms with Gasteiger partial charge in [0.05, 0.1) is 39.0 Å². The molecular formula is C47H29N5. The number of para-hydroxylation sites is 4. The minimum absolute atomic E-state index is 0.686. The maximum absolute atomic E-state index is 5.21. The van der Waals surface area contributed by atoms with Gasteiger partial charge in [-0.1, -0.05) is 121 Å². The summed E-state index contributed by atoms with van der Waals surface area (Å²) < 4.78 is 4.69. The standard InChI is InChI=1S/C47H29N5/c1-3-14-30(15-4-1)40-29-41(31-16-5-2-6-17-31)49-46(48-40)32-18-13-19-33(26-32)51-42-23-10-8-21-35(42)37-27-36-34-20-7-11-24-43(34)52-44-25-12-9-22-39(44)50-47(52)38(36)28-45(37)51/h1-29H. The Balaban J connectivity index is 1.18. The fourth-order valence-electron chi connectivity index (χ4n) is 7.92. The Kier molecular flexibility index (Phi) is 6.18. The predicted octanol–water partition coefficient (Wildman–Crippen LogP) is 11.7. The largest absolute Gasteiger partial charge is 0.309 e. The molecule has 5 nitrogen and oxygen atoms in total. The lowest BCUT2D eigenvalue weighted by Crippen LogP contribution is -1.98. The molecule has 0 unspecified atom stereocenters. The monoisotopic (exact) mass is 663 g/mol. The van der Waals surface area contributed by atoms with Gasteiger partial charge in [-0.25, -0.2) is 15.0 Å². The van der Waals surface area contributed by atoms with E-state index in [4.69, 9.17) is 15.0 Å². The van der Waals surface area contributed by atoms with Crippen LogP contribution in [0.25, 0.3) is 99.8 Å². The first-order chi connectivity index (χ1) is 25.8. The average molecular weight is 664 g/mol. The Morgan fingerprint density at radius 1 is 0.346 bits per heavy atom. The summed E-state index contributed by atoms with van der Waals surface area (Å²) in [6.07, 6.45) is 0. The molecule has 0 saturated heterocycles. The predicted molar refractivity (Wildman–Crippen MR) is 214 cm³/mol. The molecule has 5 heteroatoms. The van der Waals surface area contributed by atoms with Gasteiger partial charge in [0.15, 0.2) is 5.82 Å². The molecule has 0 aliphatic carbocycles. The van der Waals surface area contributed by atoms with Gasteiger partial charge >= 0.3 is 0 Å². The Morgan fingerprint density at radius 2 is 0.942 bits per heavy atom. The summed E-state index contributed by atoms with van der Waals surface area (Å²) in [5.41, 5.74) is 12.4. The minimum atomic E-state index is 0.686. The first kappa shape index (κ1) is 28.7.